The van der Waals surface area contributed by atoms with Crippen molar-refractivity contribution in [2.24, 2.45) is 5.92 Å². The molecule has 3 amide bonds. The second-order valence-electron chi connectivity index (χ2n) is 7.44. The first kappa shape index (κ1) is 19.4. The minimum absolute atomic E-state index is 0.0112. The molecular weight excluding hydrogens is 344 g/mol. The van der Waals surface area contributed by atoms with Gasteiger partial charge in [0, 0.05) is 52.7 Å². The fourth-order valence-corrected chi connectivity index (χ4v) is 3.67. The van der Waals surface area contributed by atoms with Crippen LogP contribution in [-0.2, 0) is 20.9 Å². The Morgan fingerprint density at radius 3 is 2.41 bits per heavy atom. The van der Waals surface area contributed by atoms with Gasteiger partial charge in [0.05, 0.1) is 12.5 Å². The van der Waals surface area contributed by atoms with E-state index < -0.39 is 0 Å². The second-order valence-corrected chi connectivity index (χ2v) is 7.44. The van der Waals surface area contributed by atoms with Crippen molar-refractivity contribution in [2.45, 2.75) is 19.9 Å². The molecule has 1 unspecified atom stereocenters. The highest BCUT2D eigenvalue weighted by atomic mass is 16.2. The maximum atomic E-state index is 12.8. The summed E-state index contributed by atoms with van der Waals surface area (Å²) >= 11 is 0. The van der Waals surface area contributed by atoms with E-state index in [1.165, 1.54) is 5.56 Å². The number of nitrogens with zero attached hydrogens (tertiary/aromatic N) is 3. The molecule has 2 aliphatic heterocycles. The van der Waals surface area contributed by atoms with Crippen molar-refractivity contribution in [3.05, 3.63) is 35.4 Å². The van der Waals surface area contributed by atoms with E-state index in [4.69, 9.17) is 0 Å². The maximum Gasteiger partial charge on any atom is 0.233 e. The highest BCUT2D eigenvalue weighted by molar-refractivity contribution is 5.89. The van der Waals surface area contributed by atoms with E-state index in [0.717, 1.165) is 5.56 Å². The molecule has 1 atom stereocenters. The Hall–Kier alpha value is -2.41. The molecule has 2 fully saturated rings. The number of hydrogen-bond donors (Lipinski definition) is 1. The van der Waals surface area contributed by atoms with Crippen molar-refractivity contribution in [1.29, 1.82) is 0 Å². The third-order valence-electron chi connectivity index (χ3n) is 5.39. The van der Waals surface area contributed by atoms with Gasteiger partial charge in [-0.2, -0.15) is 0 Å². The van der Waals surface area contributed by atoms with E-state index in [0.29, 0.717) is 52.2 Å². The molecule has 146 valence electrons. The number of amides is 3. The van der Waals surface area contributed by atoms with Crippen LogP contribution in [0.4, 0.5) is 0 Å². The molecule has 3 rings (SSSR count). The number of benzene rings is 1. The van der Waals surface area contributed by atoms with Crippen molar-refractivity contribution in [2.75, 3.05) is 46.3 Å². The van der Waals surface area contributed by atoms with Crippen LogP contribution in [0.5, 0.6) is 0 Å². The number of carbonyl (C=O) groups is 3. The van der Waals surface area contributed by atoms with Gasteiger partial charge in [-0.1, -0.05) is 29.8 Å². The van der Waals surface area contributed by atoms with Gasteiger partial charge in [-0.25, -0.2) is 0 Å². The summed E-state index contributed by atoms with van der Waals surface area (Å²) in [7, 11) is 1.63. The molecule has 0 bridgehead atoms. The zero-order chi connectivity index (χ0) is 19.4. The zero-order valence-electron chi connectivity index (χ0n) is 16.1. The number of hydrogen-bond acceptors (Lipinski definition) is 4. The lowest BCUT2D eigenvalue weighted by Gasteiger charge is -2.35. The van der Waals surface area contributed by atoms with Crippen molar-refractivity contribution >= 4 is 17.7 Å². The first-order valence-electron chi connectivity index (χ1n) is 9.51. The van der Waals surface area contributed by atoms with E-state index >= 15 is 0 Å². The van der Waals surface area contributed by atoms with Gasteiger partial charge >= 0.3 is 0 Å². The van der Waals surface area contributed by atoms with E-state index in [2.05, 4.69) is 5.32 Å². The molecule has 2 saturated heterocycles. The van der Waals surface area contributed by atoms with Crippen LogP contribution in [0.2, 0.25) is 0 Å². The molecule has 2 aliphatic rings. The summed E-state index contributed by atoms with van der Waals surface area (Å²) in [6.45, 7) is 6.04. The molecule has 7 heteroatoms. The van der Waals surface area contributed by atoms with Gasteiger partial charge in [-0.3, -0.25) is 19.3 Å². The fraction of sp³-hybridized carbons (Fsp3) is 0.550. The molecular formula is C20H28N4O3. The number of likely N-dealkylation sites (N-methyl/N-ethyl adjacent to an activating group) is 1. The summed E-state index contributed by atoms with van der Waals surface area (Å²) in [5.41, 5.74) is 2.28. The number of nitrogens with one attached hydrogen (secondary N) is 1. The molecule has 1 aromatic carbocycles. The van der Waals surface area contributed by atoms with Gasteiger partial charge in [0.25, 0.3) is 0 Å². The summed E-state index contributed by atoms with van der Waals surface area (Å²) in [5.74, 6) is -0.155. The van der Waals surface area contributed by atoms with Gasteiger partial charge < -0.3 is 15.1 Å². The molecule has 7 nitrogen and oxygen atoms in total. The summed E-state index contributed by atoms with van der Waals surface area (Å²) in [6.07, 6.45) is 0.295. The summed E-state index contributed by atoms with van der Waals surface area (Å²) in [6, 6.07) is 8.14. The molecule has 1 aromatic rings. The van der Waals surface area contributed by atoms with Gasteiger partial charge in [0.1, 0.15) is 0 Å². The van der Waals surface area contributed by atoms with Gasteiger partial charge in [0.2, 0.25) is 17.7 Å². The topological polar surface area (TPSA) is 73.0 Å². The van der Waals surface area contributed by atoms with Crippen LogP contribution in [0.15, 0.2) is 24.3 Å². The normalized spacial score (nSPS) is 20.8. The SMILES string of the molecule is CNC(=O)CN1CCN(C(=O)C2CC(=O)N(Cc3ccc(C)cc3)C2)CC1. The molecule has 0 aliphatic carbocycles. The average Bonchev–Trinajstić information content (AvgIpc) is 3.04. The first-order chi connectivity index (χ1) is 13.0. The van der Waals surface area contributed by atoms with Crippen LogP contribution in [0.25, 0.3) is 0 Å². The molecule has 1 N–H and O–H groups in total. The van der Waals surface area contributed by atoms with Gasteiger partial charge in [-0.05, 0) is 12.5 Å². The quantitative estimate of drug-likeness (QED) is 0.803. The molecule has 0 spiro atoms. The highest BCUT2D eigenvalue weighted by Gasteiger charge is 2.37. The third kappa shape index (κ3) is 4.86. The standard InChI is InChI=1S/C20H28N4O3/c1-15-3-5-16(6-4-15)12-24-13-17(11-19(24)26)20(27)23-9-7-22(8-10-23)14-18(25)21-2/h3-6,17H,7-14H2,1-2H3,(H,21,25). The molecule has 2 heterocycles. The van der Waals surface area contributed by atoms with Crippen molar-refractivity contribution < 1.29 is 14.4 Å². The molecule has 27 heavy (non-hydrogen) atoms. The molecule has 0 radical (unpaired) electrons. The smallest absolute Gasteiger partial charge is 0.233 e. The Labute approximate surface area is 160 Å². The minimum atomic E-state index is -0.256. The Morgan fingerprint density at radius 1 is 1.11 bits per heavy atom. The van der Waals surface area contributed by atoms with Crippen LogP contribution in [0.1, 0.15) is 17.5 Å². The van der Waals surface area contributed by atoms with Crippen molar-refractivity contribution in [3.63, 3.8) is 0 Å². The van der Waals surface area contributed by atoms with Crippen molar-refractivity contribution in [1.82, 2.24) is 20.0 Å². The average molecular weight is 372 g/mol. The highest BCUT2D eigenvalue weighted by Crippen LogP contribution is 2.23. The lowest BCUT2D eigenvalue weighted by Crippen LogP contribution is -2.52. The monoisotopic (exact) mass is 372 g/mol. The zero-order valence-corrected chi connectivity index (χ0v) is 16.1. The number of rotatable bonds is 5. The Kier molecular flexibility index (Phi) is 6.11. The predicted octanol–water partition coefficient (Wildman–Crippen LogP) is 0.234. The third-order valence-corrected chi connectivity index (χ3v) is 5.39. The Bertz CT molecular complexity index is 696. The molecule has 0 saturated carbocycles. The number of carbonyl (C=O) groups excluding carboxylic acids is 3. The fourth-order valence-electron chi connectivity index (χ4n) is 3.67. The largest absolute Gasteiger partial charge is 0.358 e. The summed E-state index contributed by atoms with van der Waals surface area (Å²) < 4.78 is 0. The Balaban J connectivity index is 1.50. The van der Waals surface area contributed by atoms with Crippen LogP contribution in [-0.4, -0.2) is 78.7 Å². The predicted molar refractivity (Wildman–Crippen MR) is 102 cm³/mol. The van der Waals surface area contributed by atoms with Crippen LogP contribution >= 0.6 is 0 Å². The number of likely N-dealkylation sites (tertiary alicyclic amines) is 1. The lowest BCUT2D eigenvalue weighted by atomic mass is 10.1. The minimum Gasteiger partial charge on any atom is -0.358 e. The summed E-state index contributed by atoms with van der Waals surface area (Å²) in [5, 5.41) is 2.62. The lowest BCUT2D eigenvalue weighted by molar-refractivity contribution is -0.137. The van der Waals surface area contributed by atoms with E-state index in [1.54, 1.807) is 11.9 Å². The second kappa shape index (κ2) is 8.52. The van der Waals surface area contributed by atoms with Crippen LogP contribution in [0, 0.1) is 12.8 Å². The maximum absolute atomic E-state index is 12.8. The van der Waals surface area contributed by atoms with Crippen molar-refractivity contribution in [3.8, 4) is 0 Å². The van der Waals surface area contributed by atoms with Gasteiger partial charge in [0.15, 0.2) is 0 Å². The first-order valence-corrected chi connectivity index (χ1v) is 9.51. The van der Waals surface area contributed by atoms with Crippen LogP contribution in [0.3, 0.4) is 0 Å². The molecule has 0 aromatic heterocycles. The van der Waals surface area contributed by atoms with Crippen LogP contribution < -0.4 is 5.32 Å². The van der Waals surface area contributed by atoms with Gasteiger partial charge in [-0.15, -0.1) is 0 Å². The summed E-state index contributed by atoms with van der Waals surface area (Å²) in [4.78, 5) is 42.3. The van der Waals surface area contributed by atoms with E-state index in [-0.39, 0.29) is 23.6 Å². The van der Waals surface area contributed by atoms with E-state index in [1.807, 2.05) is 41.0 Å². The number of piperazine rings is 1. The number of aryl methyl sites for hydroxylation is 1. The Morgan fingerprint density at radius 2 is 1.78 bits per heavy atom. The van der Waals surface area contributed by atoms with E-state index in [9.17, 15) is 14.4 Å².